The summed E-state index contributed by atoms with van der Waals surface area (Å²) in [5.41, 5.74) is 5.67. The van der Waals surface area contributed by atoms with Crippen molar-refractivity contribution in [1.29, 1.82) is 0 Å². The predicted octanol–water partition coefficient (Wildman–Crippen LogP) is 5.43. The van der Waals surface area contributed by atoms with E-state index in [1.165, 1.54) is 30.4 Å². The highest BCUT2D eigenvalue weighted by Crippen LogP contribution is 2.38. The van der Waals surface area contributed by atoms with Crippen molar-refractivity contribution >= 4 is 10.8 Å². The summed E-state index contributed by atoms with van der Waals surface area (Å²) in [6.07, 6.45) is 9.86. The van der Waals surface area contributed by atoms with Crippen molar-refractivity contribution in [2.24, 2.45) is 7.05 Å². The summed E-state index contributed by atoms with van der Waals surface area (Å²) in [5.74, 6) is 1.58. The second-order valence-electron chi connectivity index (χ2n) is 11.8. The zero-order valence-corrected chi connectivity index (χ0v) is 26.9. The van der Waals surface area contributed by atoms with Crippen LogP contribution < -0.4 is 20.3 Å². The van der Waals surface area contributed by atoms with Crippen LogP contribution in [0, 0.1) is 0 Å². The number of methoxy groups -OCH3 is 2. The highest BCUT2D eigenvalue weighted by Gasteiger charge is 2.22. The summed E-state index contributed by atoms with van der Waals surface area (Å²) in [5, 5.41) is 4.89. The molecule has 1 N–H and O–H groups in total. The number of hydrogen-bond donors (Lipinski definition) is 1. The van der Waals surface area contributed by atoms with Gasteiger partial charge in [-0.05, 0) is 73.1 Å². The van der Waals surface area contributed by atoms with E-state index < -0.39 is 0 Å². The second-order valence-corrected chi connectivity index (χ2v) is 11.8. The second kappa shape index (κ2) is 14.8. The van der Waals surface area contributed by atoms with Crippen LogP contribution in [-0.2, 0) is 20.0 Å². The van der Waals surface area contributed by atoms with Gasteiger partial charge in [-0.25, -0.2) is 0 Å². The van der Waals surface area contributed by atoms with Crippen LogP contribution in [0.15, 0.2) is 65.8 Å². The first kappa shape index (κ1) is 31.7. The summed E-state index contributed by atoms with van der Waals surface area (Å²) >= 11 is 0. The third kappa shape index (κ3) is 7.15. The van der Waals surface area contributed by atoms with Gasteiger partial charge >= 0.3 is 0 Å². The third-order valence-electron chi connectivity index (χ3n) is 9.00. The van der Waals surface area contributed by atoms with Crippen LogP contribution in [0.1, 0.15) is 48.9 Å². The van der Waals surface area contributed by atoms with Crippen molar-refractivity contribution in [2.75, 3.05) is 54.0 Å². The summed E-state index contributed by atoms with van der Waals surface area (Å²) in [7, 11) is 7.24. The molecule has 44 heavy (non-hydrogen) atoms. The van der Waals surface area contributed by atoms with Gasteiger partial charge in [0.15, 0.2) is 0 Å². The third-order valence-corrected chi connectivity index (χ3v) is 9.00. The molecule has 5 rings (SSSR count). The lowest BCUT2D eigenvalue weighted by molar-refractivity contribution is 0.124. The fourth-order valence-corrected chi connectivity index (χ4v) is 6.42. The van der Waals surface area contributed by atoms with E-state index in [4.69, 9.17) is 9.47 Å². The Morgan fingerprint density at radius 2 is 1.64 bits per heavy atom. The van der Waals surface area contributed by atoms with Crippen LogP contribution in [0.25, 0.3) is 21.9 Å². The predicted molar refractivity (Wildman–Crippen MR) is 179 cm³/mol. The highest BCUT2D eigenvalue weighted by atomic mass is 16.5. The van der Waals surface area contributed by atoms with E-state index in [0.717, 1.165) is 79.3 Å². The Morgan fingerprint density at radius 1 is 0.955 bits per heavy atom. The van der Waals surface area contributed by atoms with Crippen LogP contribution in [0.3, 0.4) is 0 Å². The summed E-state index contributed by atoms with van der Waals surface area (Å²) in [6.45, 7) is 8.24. The van der Waals surface area contributed by atoms with Gasteiger partial charge in [0.1, 0.15) is 11.5 Å². The molecule has 0 radical (unpaired) electrons. The van der Waals surface area contributed by atoms with E-state index in [2.05, 4.69) is 63.4 Å². The maximum Gasteiger partial charge on any atom is 0.259 e. The molecule has 0 aliphatic carbocycles. The van der Waals surface area contributed by atoms with Crippen molar-refractivity contribution in [3.63, 3.8) is 0 Å². The van der Waals surface area contributed by atoms with Gasteiger partial charge in [-0.2, -0.15) is 0 Å². The van der Waals surface area contributed by atoms with Crippen LogP contribution >= 0.6 is 0 Å². The number of rotatable bonds is 13. The average Bonchev–Trinajstić information content (AvgIpc) is 3.06. The van der Waals surface area contributed by atoms with E-state index in [9.17, 15) is 4.79 Å². The first-order chi connectivity index (χ1) is 21.4. The van der Waals surface area contributed by atoms with Crippen LogP contribution in [0.4, 0.5) is 0 Å². The zero-order chi connectivity index (χ0) is 31.1. The lowest BCUT2D eigenvalue weighted by Crippen LogP contribution is -2.46. The SMILES string of the molecule is CCCC(NC)c1ccc(CCCN2CCN(Cc3c(OC)cc(-c4cn(C)c(=O)c5cnccc45)cc3OC)CC2)cc1. The standard InChI is InChI=1S/C36H47N5O3/c1-6-8-33(37-2)27-12-10-26(11-13-27)9-7-16-40-17-19-41(20-18-40)25-32-34(43-4)21-28(22-35(32)44-5)31-24-39(3)36(42)30-23-38-15-14-29(30)31/h10-15,21-24,33,37H,6-9,16-20,25H2,1-5H3. The van der Waals surface area contributed by atoms with Gasteiger partial charge in [-0.3, -0.25) is 14.7 Å². The lowest BCUT2D eigenvalue weighted by Gasteiger charge is -2.35. The van der Waals surface area contributed by atoms with Crippen LogP contribution in [0.2, 0.25) is 0 Å². The number of nitrogens with zero attached hydrogens (tertiary/aromatic N) is 4. The largest absolute Gasteiger partial charge is 0.496 e. The molecule has 1 aliphatic heterocycles. The molecular weight excluding hydrogens is 550 g/mol. The van der Waals surface area contributed by atoms with Crippen LogP contribution in [-0.4, -0.2) is 73.3 Å². The Kier molecular flexibility index (Phi) is 10.7. The molecule has 8 heteroatoms. The first-order valence-electron chi connectivity index (χ1n) is 15.8. The Morgan fingerprint density at radius 3 is 2.27 bits per heavy atom. The van der Waals surface area contributed by atoms with E-state index in [0.29, 0.717) is 11.4 Å². The molecule has 1 aliphatic rings. The molecule has 234 valence electrons. The summed E-state index contributed by atoms with van der Waals surface area (Å²) < 4.78 is 13.4. The minimum atomic E-state index is -0.0640. The average molecular weight is 598 g/mol. The van der Waals surface area contributed by atoms with Crippen molar-refractivity contribution in [3.8, 4) is 22.6 Å². The number of aromatic nitrogens is 2. The van der Waals surface area contributed by atoms with Gasteiger partial charge in [-0.1, -0.05) is 37.6 Å². The van der Waals surface area contributed by atoms with Crippen molar-refractivity contribution in [3.05, 3.63) is 88.1 Å². The molecule has 0 saturated carbocycles. The van der Waals surface area contributed by atoms with E-state index >= 15 is 0 Å². The fourth-order valence-electron chi connectivity index (χ4n) is 6.42. The van der Waals surface area contributed by atoms with Gasteiger partial charge in [0.2, 0.25) is 0 Å². The molecule has 4 aromatic rings. The monoisotopic (exact) mass is 597 g/mol. The number of piperazine rings is 1. The molecule has 0 bridgehead atoms. The van der Waals surface area contributed by atoms with Gasteiger partial charge in [0, 0.05) is 70.0 Å². The highest BCUT2D eigenvalue weighted by molar-refractivity contribution is 5.95. The number of fused-ring (bicyclic) bond motifs is 1. The molecule has 3 heterocycles. The minimum Gasteiger partial charge on any atom is -0.496 e. The summed E-state index contributed by atoms with van der Waals surface area (Å²) in [4.78, 5) is 21.9. The topological polar surface area (TPSA) is 71.9 Å². The molecule has 0 amide bonds. The maximum absolute atomic E-state index is 12.7. The Balaban J connectivity index is 1.20. The number of pyridine rings is 2. The quantitative estimate of drug-likeness (QED) is 0.220. The summed E-state index contributed by atoms with van der Waals surface area (Å²) in [6, 6.07) is 15.6. The maximum atomic E-state index is 12.7. The Labute approximate surface area is 261 Å². The molecule has 1 saturated heterocycles. The van der Waals surface area contributed by atoms with Gasteiger partial charge in [-0.15, -0.1) is 0 Å². The molecule has 0 spiro atoms. The number of nitrogens with one attached hydrogen (secondary N) is 1. The molecule has 2 aromatic carbocycles. The molecule has 1 unspecified atom stereocenters. The molecule has 2 aromatic heterocycles. The number of benzene rings is 2. The van der Waals surface area contributed by atoms with E-state index in [1.807, 2.05) is 19.3 Å². The normalized spacial score (nSPS) is 15.0. The van der Waals surface area contributed by atoms with Crippen LogP contribution in [0.5, 0.6) is 11.5 Å². The Hall–Kier alpha value is -3.72. The molecule has 8 nitrogen and oxygen atoms in total. The van der Waals surface area contributed by atoms with Gasteiger partial charge in [0.25, 0.3) is 5.56 Å². The van der Waals surface area contributed by atoms with Crippen molar-refractivity contribution in [2.45, 2.75) is 45.2 Å². The van der Waals surface area contributed by atoms with Crippen molar-refractivity contribution < 1.29 is 9.47 Å². The molecular formula is C36H47N5O3. The van der Waals surface area contributed by atoms with E-state index in [1.54, 1.807) is 38.2 Å². The first-order valence-corrected chi connectivity index (χ1v) is 15.8. The number of hydrogen-bond acceptors (Lipinski definition) is 7. The van der Waals surface area contributed by atoms with Gasteiger partial charge < -0.3 is 24.3 Å². The van der Waals surface area contributed by atoms with E-state index in [-0.39, 0.29) is 5.56 Å². The smallest absolute Gasteiger partial charge is 0.259 e. The minimum absolute atomic E-state index is 0.0640. The van der Waals surface area contributed by atoms with Crippen molar-refractivity contribution in [1.82, 2.24) is 24.7 Å². The zero-order valence-electron chi connectivity index (χ0n) is 26.9. The number of aryl methyl sites for hydroxylation is 2. The Bertz CT molecular complexity index is 1570. The lowest BCUT2D eigenvalue weighted by atomic mass is 9.98. The molecule has 1 fully saturated rings. The fraction of sp³-hybridized carbons (Fsp3) is 0.444. The van der Waals surface area contributed by atoms with Gasteiger partial charge in [0.05, 0.1) is 25.2 Å². The number of ether oxygens (including phenoxy) is 2. The molecule has 1 atom stereocenters.